The number of rotatable bonds is 6. The van der Waals surface area contributed by atoms with Crippen molar-refractivity contribution in [2.24, 2.45) is 0 Å². The predicted octanol–water partition coefficient (Wildman–Crippen LogP) is 4.45. The molecule has 1 unspecified atom stereocenters. The number of halogens is 4. The van der Waals surface area contributed by atoms with E-state index >= 15 is 0 Å². The monoisotopic (exact) mass is 339 g/mol. The molecule has 108 valence electrons. The van der Waals surface area contributed by atoms with E-state index in [4.69, 9.17) is 4.74 Å². The van der Waals surface area contributed by atoms with Crippen molar-refractivity contribution in [2.75, 3.05) is 13.7 Å². The molecule has 1 rings (SSSR count). The van der Waals surface area contributed by atoms with Gasteiger partial charge in [0.2, 0.25) is 0 Å². The summed E-state index contributed by atoms with van der Waals surface area (Å²) in [6.45, 7) is 2.46. The highest BCUT2D eigenvalue weighted by Gasteiger charge is 2.33. The Morgan fingerprint density at radius 3 is 2.53 bits per heavy atom. The van der Waals surface area contributed by atoms with E-state index in [1.54, 1.807) is 18.2 Å². The van der Waals surface area contributed by atoms with Gasteiger partial charge in [0.05, 0.1) is 13.5 Å². The summed E-state index contributed by atoms with van der Waals surface area (Å²) in [7, 11) is 1.52. The topological polar surface area (TPSA) is 21.3 Å². The third-order valence-electron chi connectivity index (χ3n) is 2.66. The van der Waals surface area contributed by atoms with E-state index in [-0.39, 0.29) is 0 Å². The first-order chi connectivity index (χ1) is 8.87. The fourth-order valence-corrected chi connectivity index (χ4v) is 2.39. The fraction of sp³-hybridized carbons (Fsp3) is 0.538. The molecule has 0 spiro atoms. The second kappa shape index (κ2) is 7.14. The summed E-state index contributed by atoms with van der Waals surface area (Å²) in [6, 6.07) is 4.24. The highest BCUT2D eigenvalue weighted by atomic mass is 79.9. The molecule has 0 fully saturated rings. The standard InChI is InChI=1S/C13H17BrF3NO/c1-3-6-18-12(8-13(15,16)17)10-5-4-9(19-2)7-11(10)14/h4-5,7,12,18H,3,6,8H2,1-2H3. The summed E-state index contributed by atoms with van der Waals surface area (Å²) in [4.78, 5) is 0. The third-order valence-corrected chi connectivity index (χ3v) is 3.35. The Hall–Kier alpha value is -0.750. The van der Waals surface area contributed by atoms with Crippen LogP contribution in [0.25, 0.3) is 0 Å². The maximum atomic E-state index is 12.6. The minimum Gasteiger partial charge on any atom is -0.497 e. The molecule has 0 saturated heterocycles. The first-order valence-electron chi connectivity index (χ1n) is 6.01. The van der Waals surface area contributed by atoms with Crippen molar-refractivity contribution in [1.82, 2.24) is 5.32 Å². The van der Waals surface area contributed by atoms with Crippen molar-refractivity contribution in [1.29, 1.82) is 0 Å². The molecule has 1 aromatic carbocycles. The van der Waals surface area contributed by atoms with Crippen molar-refractivity contribution < 1.29 is 17.9 Å². The first-order valence-corrected chi connectivity index (χ1v) is 6.80. The molecule has 1 N–H and O–H groups in total. The van der Waals surface area contributed by atoms with Crippen LogP contribution < -0.4 is 10.1 Å². The number of hydrogen-bond acceptors (Lipinski definition) is 2. The van der Waals surface area contributed by atoms with Crippen LogP contribution in [-0.2, 0) is 0 Å². The molecule has 0 aromatic heterocycles. The van der Waals surface area contributed by atoms with Gasteiger partial charge < -0.3 is 10.1 Å². The summed E-state index contributed by atoms with van der Waals surface area (Å²) in [6.07, 6.45) is -4.31. The second-order valence-corrected chi connectivity index (χ2v) is 5.07. The summed E-state index contributed by atoms with van der Waals surface area (Å²) in [5.41, 5.74) is 0.589. The summed E-state index contributed by atoms with van der Waals surface area (Å²) >= 11 is 3.30. The van der Waals surface area contributed by atoms with E-state index in [0.29, 0.717) is 22.3 Å². The van der Waals surface area contributed by atoms with Gasteiger partial charge in [-0.15, -0.1) is 0 Å². The second-order valence-electron chi connectivity index (χ2n) is 4.21. The van der Waals surface area contributed by atoms with E-state index in [1.165, 1.54) is 7.11 Å². The van der Waals surface area contributed by atoms with Gasteiger partial charge in [-0.3, -0.25) is 0 Å². The highest BCUT2D eigenvalue weighted by Crippen LogP contribution is 2.34. The molecule has 2 nitrogen and oxygen atoms in total. The normalized spacial score (nSPS) is 13.4. The van der Waals surface area contributed by atoms with Crippen molar-refractivity contribution in [3.8, 4) is 5.75 Å². The Balaban J connectivity index is 2.96. The number of alkyl halides is 3. The van der Waals surface area contributed by atoms with Gasteiger partial charge in [0.1, 0.15) is 5.75 Å². The van der Waals surface area contributed by atoms with E-state index in [9.17, 15) is 13.2 Å². The number of hydrogen-bond donors (Lipinski definition) is 1. The zero-order chi connectivity index (χ0) is 14.5. The fourth-order valence-electron chi connectivity index (χ4n) is 1.76. The van der Waals surface area contributed by atoms with Gasteiger partial charge >= 0.3 is 6.18 Å². The van der Waals surface area contributed by atoms with Gasteiger partial charge in [0.15, 0.2) is 0 Å². The van der Waals surface area contributed by atoms with Crippen molar-refractivity contribution in [3.05, 3.63) is 28.2 Å². The van der Waals surface area contributed by atoms with E-state index in [0.717, 1.165) is 6.42 Å². The number of benzene rings is 1. The Labute approximate surface area is 119 Å². The Bertz CT molecular complexity index is 409. The van der Waals surface area contributed by atoms with Crippen LogP contribution in [-0.4, -0.2) is 19.8 Å². The smallest absolute Gasteiger partial charge is 0.390 e. The summed E-state index contributed by atoms with van der Waals surface area (Å²) in [5.74, 6) is 0.608. The van der Waals surface area contributed by atoms with Gasteiger partial charge in [0, 0.05) is 10.5 Å². The molecule has 1 atom stereocenters. The lowest BCUT2D eigenvalue weighted by Crippen LogP contribution is -2.27. The van der Waals surface area contributed by atoms with E-state index < -0.39 is 18.6 Å². The van der Waals surface area contributed by atoms with Crippen LogP contribution >= 0.6 is 15.9 Å². The first kappa shape index (κ1) is 16.3. The lowest BCUT2D eigenvalue weighted by Gasteiger charge is -2.22. The van der Waals surface area contributed by atoms with Crippen LogP contribution in [0.4, 0.5) is 13.2 Å². The number of ether oxygens (including phenoxy) is 1. The Morgan fingerprint density at radius 1 is 1.37 bits per heavy atom. The molecule has 1 aromatic rings. The SMILES string of the molecule is CCCNC(CC(F)(F)F)c1ccc(OC)cc1Br. The minimum atomic E-state index is -4.20. The average molecular weight is 340 g/mol. The Kier molecular flexibility index (Phi) is 6.13. The zero-order valence-electron chi connectivity index (χ0n) is 10.9. The average Bonchev–Trinajstić information content (AvgIpc) is 2.33. The third kappa shape index (κ3) is 5.40. The Morgan fingerprint density at radius 2 is 2.05 bits per heavy atom. The number of methoxy groups -OCH3 is 1. The van der Waals surface area contributed by atoms with Crippen molar-refractivity contribution in [2.45, 2.75) is 32.0 Å². The molecular formula is C13H17BrF3NO. The van der Waals surface area contributed by atoms with E-state index in [2.05, 4.69) is 21.2 Å². The zero-order valence-corrected chi connectivity index (χ0v) is 12.4. The lowest BCUT2D eigenvalue weighted by atomic mass is 10.0. The van der Waals surface area contributed by atoms with Gasteiger partial charge in [-0.05, 0) is 30.7 Å². The minimum absolute atomic E-state index is 0.541. The van der Waals surface area contributed by atoms with Crippen LogP contribution in [0.1, 0.15) is 31.4 Å². The van der Waals surface area contributed by atoms with Gasteiger partial charge in [-0.25, -0.2) is 0 Å². The molecule has 0 heterocycles. The predicted molar refractivity (Wildman–Crippen MR) is 72.4 cm³/mol. The molecule has 0 amide bonds. The van der Waals surface area contributed by atoms with Crippen molar-refractivity contribution in [3.63, 3.8) is 0 Å². The molecule has 0 saturated carbocycles. The van der Waals surface area contributed by atoms with Crippen molar-refractivity contribution >= 4 is 15.9 Å². The van der Waals surface area contributed by atoms with Crippen LogP contribution in [0, 0.1) is 0 Å². The maximum Gasteiger partial charge on any atom is 0.390 e. The number of nitrogens with one attached hydrogen (secondary N) is 1. The lowest BCUT2D eigenvalue weighted by molar-refractivity contribution is -0.140. The molecule has 0 radical (unpaired) electrons. The molecule has 0 bridgehead atoms. The molecular weight excluding hydrogens is 323 g/mol. The molecule has 6 heteroatoms. The molecule has 0 aliphatic carbocycles. The van der Waals surface area contributed by atoms with Gasteiger partial charge in [0.25, 0.3) is 0 Å². The summed E-state index contributed by atoms with van der Waals surface area (Å²) in [5, 5.41) is 2.93. The van der Waals surface area contributed by atoms with Crippen LogP contribution in [0.15, 0.2) is 22.7 Å². The largest absolute Gasteiger partial charge is 0.497 e. The summed E-state index contributed by atoms with van der Waals surface area (Å²) < 4.78 is 43.5. The van der Waals surface area contributed by atoms with Crippen LogP contribution in [0.5, 0.6) is 5.75 Å². The highest BCUT2D eigenvalue weighted by molar-refractivity contribution is 9.10. The van der Waals surface area contributed by atoms with E-state index in [1.807, 2.05) is 6.92 Å². The molecule has 0 aliphatic rings. The molecule has 19 heavy (non-hydrogen) atoms. The quantitative estimate of drug-likeness (QED) is 0.826. The maximum absolute atomic E-state index is 12.6. The van der Waals surface area contributed by atoms with Gasteiger partial charge in [-0.2, -0.15) is 13.2 Å². The van der Waals surface area contributed by atoms with Gasteiger partial charge in [-0.1, -0.05) is 28.9 Å². The molecule has 0 aliphatic heterocycles. The van der Waals surface area contributed by atoms with Crippen LogP contribution in [0.2, 0.25) is 0 Å². The van der Waals surface area contributed by atoms with Crippen LogP contribution in [0.3, 0.4) is 0 Å².